The van der Waals surface area contributed by atoms with Crippen LogP contribution in [0.25, 0.3) is 0 Å². The van der Waals surface area contributed by atoms with Crippen LogP contribution < -0.4 is 4.74 Å². The predicted molar refractivity (Wildman–Crippen MR) is 58.9 cm³/mol. The molecular weight excluding hydrogens is 248 g/mol. The number of halogens is 1. The van der Waals surface area contributed by atoms with E-state index in [4.69, 9.17) is 21.4 Å². The maximum absolute atomic E-state index is 11.3. The number of aliphatic carboxylic acids is 1. The van der Waals surface area contributed by atoms with Crippen LogP contribution >= 0.6 is 11.6 Å². The first kappa shape index (κ1) is 11.7. The number of ketones is 1. The second-order valence-corrected chi connectivity index (χ2v) is 4.16. The molecule has 90 valence electrons. The summed E-state index contributed by atoms with van der Waals surface area (Å²) in [4.78, 5) is 22.0. The minimum absolute atomic E-state index is 0.0726. The van der Waals surface area contributed by atoms with Gasteiger partial charge < -0.3 is 14.9 Å². The number of carboxylic acid groups (broad SMARTS) is 1. The fourth-order valence-electron chi connectivity index (χ4n) is 1.74. The van der Waals surface area contributed by atoms with E-state index in [9.17, 15) is 14.7 Å². The van der Waals surface area contributed by atoms with Crippen LogP contribution in [0.1, 0.15) is 22.8 Å². The van der Waals surface area contributed by atoms with Gasteiger partial charge in [0.1, 0.15) is 16.5 Å². The molecule has 0 fully saturated rings. The summed E-state index contributed by atoms with van der Waals surface area (Å²) in [6, 6.07) is 1.42. The van der Waals surface area contributed by atoms with Gasteiger partial charge >= 0.3 is 5.97 Å². The Hall–Kier alpha value is -1.75. The number of phenols is 1. The summed E-state index contributed by atoms with van der Waals surface area (Å²) in [5.41, 5.74) is 0.591. The molecular formula is C11H9ClO5. The van der Waals surface area contributed by atoms with Crippen LogP contribution in [0.15, 0.2) is 6.07 Å². The third-order valence-electron chi connectivity index (χ3n) is 2.59. The van der Waals surface area contributed by atoms with E-state index in [1.165, 1.54) is 13.0 Å². The highest BCUT2D eigenvalue weighted by molar-refractivity contribution is 6.34. The zero-order valence-corrected chi connectivity index (χ0v) is 9.61. The molecule has 6 heteroatoms. The van der Waals surface area contributed by atoms with Crippen LogP contribution in [0.2, 0.25) is 5.02 Å². The average Bonchev–Trinajstić information content (AvgIpc) is 2.67. The number of carbonyl (C=O) groups is 2. The number of rotatable bonds is 2. The summed E-state index contributed by atoms with van der Waals surface area (Å²) in [7, 11) is 0. The number of hydrogen-bond donors (Lipinski definition) is 2. The molecule has 0 aromatic heterocycles. The number of aromatic hydroxyl groups is 1. The molecule has 0 bridgehead atoms. The lowest BCUT2D eigenvalue weighted by Crippen LogP contribution is -2.24. The Morgan fingerprint density at radius 1 is 1.53 bits per heavy atom. The van der Waals surface area contributed by atoms with Crippen LogP contribution in [0.5, 0.6) is 11.5 Å². The molecule has 1 atom stereocenters. The molecule has 2 N–H and O–H groups in total. The number of Topliss-reactive ketones (excluding diaryl/α,β-unsaturated/α-hetero) is 1. The quantitative estimate of drug-likeness (QED) is 0.786. The smallest absolute Gasteiger partial charge is 0.345 e. The van der Waals surface area contributed by atoms with Crippen molar-refractivity contribution >= 4 is 23.4 Å². The summed E-state index contributed by atoms with van der Waals surface area (Å²) in [6.45, 7) is 1.29. The largest absolute Gasteiger partial charge is 0.505 e. The highest BCUT2D eigenvalue weighted by Crippen LogP contribution is 2.43. The number of fused-ring (bicyclic) bond motifs is 1. The number of carbonyl (C=O) groups excluding carboxylic acids is 1. The molecule has 0 saturated carbocycles. The van der Waals surface area contributed by atoms with E-state index in [2.05, 4.69) is 0 Å². The molecule has 1 aliphatic heterocycles. The summed E-state index contributed by atoms with van der Waals surface area (Å²) in [5, 5.41) is 18.4. The lowest BCUT2D eigenvalue weighted by molar-refractivity contribution is -0.144. The van der Waals surface area contributed by atoms with Gasteiger partial charge in [-0.1, -0.05) is 11.6 Å². The second kappa shape index (κ2) is 3.92. The van der Waals surface area contributed by atoms with Gasteiger partial charge in [-0.2, -0.15) is 0 Å². The Kier molecular flexibility index (Phi) is 2.71. The van der Waals surface area contributed by atoms with E-state index in [1.54, 1.807) is 0 Å². The summed E-state index contributed by atoms with van der Waals surface area (Å²) in [6.07, 6.45) is -0.894. The molecule has 1 aliphatic rings. The molecule has 1 aromatic carbocycles. The molecule has 0 aliphatic carbocycles. The zero-order valence-electron chi connectivity index (χ0n) is 8.86. The lowest BCUT2D eigenvalue weighted by Gasteiger charge is -2.08. The molecule has 1 unspecified atom stereocenters. The highest BCUT2D eigenvalue weighted by Gasteiger charge is 2.33. The predicted octanol–water partition coefficient (Wildman–Crippen LogP) is 1.64. The van der Waals surface area contributed by atoms with E-state index >= 15 is 0 Å². The highest BCUT2D eigenvalue weighted by atomic mass is 35.5. The second-order valence-electron chi connectivity index (χ2n) is 3.78. The third-order valence-corrected chi connectivity index (χ3v) is 2.94. The standard InChI is InChI=1S/C11H9ClO5/c1-4(13)6-2-5-3-7(11(15)16)17-10(5)8(12)9(6)14/h2,7,14H,3H2,1H3,(H,15,16). The SMILES string of the molecule is CC(=O)c1cc2c(c(Cl)c1O)OC(C(=O)O)C2. The lowest BCUT2D eigenvalue weighted by atomic mass is 10.0. The van der Waals surface area contributed by atoms with Gasteiger partial charge in [-0.25, -0.2) is 4.79 Å². The number of phenolic OH excluding ortho intramolecular Hbond substituents is 1. The molecule has 17 heavy (non-hydrogen) atoms. The van der Waals surface area contributed by atoms with E-state index < -0.39 is 12.1 Å². The van der Waals surface area contributed by atoms with Crippen molar-refractivity contribution in [3.05, 3.63) is 22.2 Å². The van der Waals surface area contributed by atoms with Gasteiger partial charge in [0.2, 0.25) is 0 Å². The van der Waals surface area contributed by atoms with Crippen molar-refractivity contribution in [2.75, 3.05) is 0 Å². The number of benzene rings is 1. The van der Waals surface area contributed by atoms with Crippen LogP contribution in [-0.4, -0.2) is 28.1 Å². The van der Waals surface area contributed by atoms with Crippen molar-refractivity contribution < 1.29 is 24.5 Å². The summed E-state index contributed by atoms with van der Waals surface area (Å²) < 4.78 is 5.11. The Morgan fingerprint density at radius 3 is 2.71 bits per heavy atom. The van der Waals surface area contributed by atoms with Crippen molar-refractivity contribution in [2.24, 2.45) is 0 Å². The summed E-state index contributed by atoms with van der Waals surface area (Å²) in [5.74, 6) is -1.68. The zero-order chi connectivity index (χ0) is 12.7. The summed E-state index contributed by atoms with van der Waals surface area (Å²) >= 11 is 5.84. The Morgan fingerprint density at radius 2 is 2.18 bits per heavy atom. The first-order chi connectivity index (χ1) is 7.91. The van der Waals surface area contributed by atoms with Crippen LogP contribution in [-0.2, 0) is 11.2 Å². The monoisotopic (exact) mass is 256 g/mol. The average molecular weight is 257 g/mol. The normalized spacial score (nSPS) is 17.4. The van der Waals surface area contributed by atoms with Gasteiger partial charge in [-0.15, -0.1) is 0 Å². The van der Waals surface area contributed by atoms with Gasteiger partial charge in [0, 0.05) is 12.0 Å². The third kappa shape index (κ3) is 1.82. The van der Waals surface area contributed by atoms with E-state index in [1.807, 2.05) is 0 Å². The first-order valence-electron chi connectivity index (χ1n) is 4.86. The molecule has 2 rings (SSSR count). The minimum atomic E-state index is -1.11. The van der Waals surface area contributed by atoms with Crippen molar-refractivity contribution in [3.8, 4) is 11.5 Å². The minimum Gasteiger partial charge on any atom is -0.505 e. The molecule has 1 heterocycles. The number of hydrogen-bond acceptors (Lipinski definition) is 4. The maximum atomic E-state index is 11.3. The van der Waals surface area contributed by atoms with Crippen LogP contribution in [0.4, 0.5) is 0 Å². The Bertz CT molecular complexity index is 523. The van der Waals surface area contributed by atoms with E-state index in [0.29, 0.717) is 5.56 Å². The topological polar surface area (TPSA) is 83.8 Å². The molecule has 0 amide bonds. The number of ether oxygens (including phenoxy) is 1. The van der Waals surface area contributed by atoms with Crippen LogP contribution in [0.3, 0.4) is 0 Å². The van der Waals surface area contributed by atoms with Gasteiger partial charge in [0.15, 0.2) is 11.9 Å². The Balaban J connectivity index is 2.52. The number of carboxylic acids is 1. The van der Waals surface area contributed by atoms with Crippen molar-refractivity contribution in [3.63, 3.8) is 0 Å². The van der Waals surface area contributed by atoms with Gasteiger partial charge in [-0.3, -0.25) is 4.79 Å². The van der Waals surface area contributed by atoms with Crippen LogP contribution in [0, 0.1) is 0 Å². The molecule has 1 aromatic rings. The molecule has 5 nitrogen and oxygen atoms in total. The van der Waals surface area contributed by atoms with Gasteiger partial charge in [-0.05, 0) is 13.0 Å². The first-order valence-corrected chi connectivity index (χ1v) is 5.24. The Labute approximate surface area is 102 Å². The van der Waals surface area contributed by atoms with E-state index in [0.717, 1.165) is 0 Å². The maximum Gasteiger partial charge on any atom is 0.345 e. The van der Waals surface area contributed by atoms with Crippen molar-refractivity contribution in [2.45, 2.75) is 19.4 Å². The molecule has 0 saturated heterocycles. The van der Waals surface area contributed by atoms with Crippen molar-refractivity contribution in [1.29, 1.82) is 0 Å². The van der Waals surface area contributed by atoms with Gasteiger partial charge in [0.25, 0.3) is 0 Å². The fraction of sp³-hybridized carbons (Fsp3) is 0.273. The van der Waals surface area contributed by atoms with Gasteiger partial charge in [0.05, 0.1) is 5.56 Å². The van der Waals surface area contributed by atoms with Crippen molar-refractivity contribution in [1.82, 2.24) is 0 Å². The fourth-order valence-corrected chi connectivity index (χ4v) is 2.01. The molecule has 0 radical (unpaired) electrons. The molecule has 0 spiro atoms. The van der Waals surface area contributed by atoms with E-state index in [-0.39, 0.29) is 34.3 Å².